The maximum absolute atomic E-state index is 14.1. The predicted octanol–water partition coefficient (Wildman–Crippen LogP) is 3.48. The Hall–Kier alpha value is -3.53. The van der Waals surface area contributed by atoms with Crippen LogP contribution in [0.4, 0.5) is 13.2 Å². The maximum Gasteiger partial charge on any atom is 0.301 e. The van der Waals surface area contributed by atoms with Gasteiger partial charge in [0.25, 0.3) is 0 Å². The Morgan fingerprint density at radius 1 is 0.800 bits per heavy atom. The zero-order valence-corrected chi connectivity index (χ0v) is 23.3. The highest BCUT2D eigenvalue weighted by Gasteiger charge is 2.31. The molecule has 15 heteroatoms. The van der Waals surface area contributed by atoms with Crippen LogP contribution in [0.3, 0.4) is 0 Å². The number of nitroso groups, excluding NO2 is 1. The van der Waals surface area contributed by atoms with E-state index in [4.69, 9.17) is 0 Å². The van der Waals surface area contributed by atoms with Gasteiger partial charge in [0.1, 0.15) is 12.1 Å². The molecule has 0 aliphatic heterocycles. The second kappa shape index (κ2) is 13.7. The molecular weight excluding hydrogens is 575 g/mol. The fraction of sp³-hybridized carbons (Fsp3) is 0.280. The van der Waals surface area contributed by atoms with E-state index in [1.54, 1.807) is 0 Å². The van der Waals surface area contributed by atoms with E-state index in [0.717, 1.165) is 16.4 Å². The molecule has 10 nitrogen and oxygen atoms in total. The van der Waals surface area contributed by atoms with Crippen LogP contribution in [-0.2, 0) is 29.6 Å². The van der Waals surface area contributed by atoms with E-state index in [2.05, 4.69) is 5.18 Å². The minimum absolute atomic E-state index is 0.147. The Morgan fingerprint density at radius 2 is 1.30 bits per heavy atom. The van der Waals surface area contributed by atoms with Gasteiger partial charge in [-0.1, -0.05) is 18.2 Å². The maximum atomic E-state index is 14.1. The minimum Gasteiger partial charge on any atom is -0.302 e. The van der Waals surface area contributed by atoms with Gasteiger partial charge in [-0.2, -0.15) is 8.61 Å². The highest BCUT2D eigenvalue weighted by Crippen LogP contribution is 2.25. The van der Waals surface area contributed by atoms with Crippen molar-refractivity contribution in [3.63, 3.8) is 0 Å². The lowest BCUT2D eigenvalue weighted by Gasteiger charge is -2.26. The standard InChI is InChI=1S/C25H26F3N3O7S2/c1-4-18(14-30(10-11-32)39(35,36)20-7-6-17(3)23(27)12-20)19(5-2)15-31(16-25(33)29-34)40(37,38)21-8-9-22(26)24(28)13-21/h4-9,11-13H,10,14-16H2,1-3H3/b18-4-,19-5-. The van der Waals surface area contributed by atoms with Crippen LogP contribution in [-0.4, -0.2) is 63.8 Å². The van der Waals surface area contributed by atoms with Gasteiger partial charge in [-0.05, 0) is 67.8 Å². The van der Waals surface area contributed by atoms with Crippen LogP contribution in [0, 0.1) is 29.3 Å². The summed E-state index contributed by atoms with van der Waals surface area (Å²) in [5, 5.41) is 2.20. The van der Waals surface area contributed by atoms with Crippen molar-refractivity contribution < 1.29 is 39.6 Å². The largest absolute Gasteiger partial charge is 0.302 e. The van der Waals surface area contributed by atoms with E-state index in [-0.39, 0.29) is 16.7 Å². The van der Waals surface area contributed by atoms with Crippen molar-refractivity contribution >= 4 is 32.2 Å². The van der Waals surface area contributed by atoms with Crippen molar-refractivity contribution in [2.45, 2.75) is 30.6 Å². The average molecular weight is 602 g/mol. The zero-order chi connectivity index (χ0) is 30.3. The van der Waals surface area contributed by atoms with Crippen molar-refractivity contribution in [1.82, 2.24) is 8.61 Å². The number of carbonyl (C=O) groups is 2. The quantitative estimate of drug-likeness (QED) is 0.195. The molecule has 0 aliphatic rings. The SMILES string of the molecule is C/C=C(CN(CC=O)S(=O)(=O)c1ccc(C)c(F)c1)\C(=C/C)CN(CC(=O)N=O)S(=O)(=O)c1ccc(F)c(F)c1. The second-order valence-corrected chi connectivity index (χ2v) is 12.2. The summed E-state index contributed by atoms with van der Waals surface area (Å²) < 4.78 is 95.5. The van der Waals surface area contributed by atoms with Gasteiger partial charge >= 0.3 is 5.91 Å². The number of aldehydes is 1. The monoisotopic (exact) mass is 601 g/mol. The molecule has 0 N–H and O–H groups in total. The van der Waals surface area contributed by atoms with Gasteiger partial charge in [-0.15, -0.1) is 4.91 Å². The molecule has 0 aromatic heterocycles. The Labute approximate surface area is 229 Å². The minimum atomic E-state index is -4.70. The van der Waals surface area contributed by atoms with Gasteiger partial charge in [-0.3, -0.25) is 4.79 Å². The number of halogens is 3. The summed E-state index contributed by atoms with van der Waals surface area (Å²) in [7, 11) is -9.11. The summed E-state index contributed by atoms with van der Waals surface area (Å²) >= 11 is 0. The predicted molar refractivity (Wildman–Crippen MR) is 139 cm³/mol. The molecule has 0 atom stereocenters. The molecule has 0 bridgehead atoms. The molecule has 0 saturated carbocycles. The third-order valence-electron chi connectivity index (χ3n) is 5.80. The Morgan fingerprint density at radius 3 is 1.77 bits per heavy atom. The van der Waals surface area contributed by atoms with Gasteiger partial charge in [-0.25, -0.2) is 30.0 Å². The molecule has 0 heterocycles. The smallest absolute Gasteiger partial charge is 0.301 e. The first-order valence-corrected chi connectivity index (χ1v) is 14.4. The Kier molecular flexibility index (Phi) is 11.2. The van der Waals surface area contributed by atoms with Crippen molar-refractivity contribution in [3.8, 4) is 0 Å². The lowest BCUT2D eigenvalue weighted by Crippen LogP contribution is -2.39. The number of hydrogen-bond donors (Lipinski definition) is 0. The molecule has 0 unspecified atom stereocenters. The number of hydrogen-bond acceptors (Lipinski definition) is 7. The first-order chi connectivity index (χ1) is 18.7. The zero-order valence-electron chi connectivity index (χ0n) is 21.7. The number of carbonyl (C=O) groups excluding carboxylic acids is 2. The molecule has 40 heavy (non-hydrogen) atoms. The first kappa shape index (κ1) is 32.7. The molecular formula is C25H26F3N3O7S2. The molecule has 0 fully saturated rings. The highest BCUT2D eigenvalue weighted by molar-refractivity contribution is 7.89. The van der Waals surface area contributed by atoms with E-state index in [0.29, 0.717) is 22.7 Å². The molecule has 2 aromatic rings. The van der Waals surface area contributed by atoms with Crippen molar-refractivity contribution in [2.75, 3.05) is 26.2 Å². The number of sulfonamides is 2. The van der Waals surface area contributed by atoms with Gasteiger partial charge in [0, 0.05) is 18.3 Å². The van der Waals surface area contributed by atoms with Gasteiger partial charge < -0.3 is 4.79 Å². The second-order valence-electron chi connectivity index (χ2n) is 8.34. The van der Waals surface area contributed by atoms with Crippen LogP contribution in [0.15, 0.2) is 74.7 Å². The van der Waals surface area contributed by atoms with Gasteiger partial charge in [0.2, 0.25) is 20.0 Å². The fourth-order valence-corrected chi connectivity index (χ4v) is 6.28. The topological polar surface area (TPSA) is 138 Å². The molecule has 2 aromatic carbocycles. The molecule has 2 rings (SSSR count). The Bertz CT molecular complexity index is 1570. The molecule has 216 valence electrons. The van der Waals surface area contributed by atoms with E-state index >= 15 is 0 Å². The van der Waals surface area contributed by atoms with Crippen LogP contribution < -0.4 is 0 Å². The van der Waals surface area contributed by atoms with Gasteiger partial charge in [0.15, 0.2) is 11.6 Å². The van der Waals surface area contributed by atoms with Crippen LogP contribution in [0.5, 0.6) is 0 Å². The average Bonchev–Trinajstić information content (AvgIpc) is 2.91. The lowest BCUT2D eigenvalue weighted by atomic mass is 10.1. The summed E-state index contributed by atoms with van der Waals surface area (Å²) in [5.74, 6) is -4.94. The number of rotatable bonds is 13. The molecule has 1 amide bonds. The summed E-state index contributed by atoms with van der Waals surface area (Å²) in [6, 6.07) is 4.98. The summed E-state index contributed by atoms with van der Waals surface area (Å²) in [6.45, 7) is 1.65. The number of amides is 1. The highest BCUT2D eigenvalue weighted by atomic mass is 32.2. The van der Waals surface area contributed by atoms with E-state index in [1.165, 1.54) is 45.1 Å². The summed E-state index contributed by atoms with van der Waals surface area (Å²) in [5.41, 5.74) is 0.541. The van der Waals surface area contributed by atoms with Crippen LogP contribution >= 0.6 is 0 Å². The van der Waals surface area contributed by atoms with Crippen LogP contribution in [0.2, 0.25) is 0 Å². The third-order valence-corrected chi connectivity index (χ3v) is 9.40. The number of allylic oxidation sites excluding steroid dienone is 2. The summed E-state index contributed by atoms with van der Waals surface area (Å²) in [4.78, 5) is 32.8. The van der Waals surface area contributed by atoms with Crippen LogP contribution in [0.1, 0.15) is 19.4 Å². The van der Waals surface area contributed by atoms with Crippen molar-refractivity contribution in [3.05, 3.63) is 87.6 Å². The lowest BCUT2D eigenvalue weighted by molar-refractivity contribution is -0.118. The summed E-state index contributed by atoms with van der Waals surface area (Å²) in [6.07, 6.45) is 3.15. The molecule has 0 saturated heterocycles. The first-order valence-electron chi connectivity index (χ1n) is 11.5. The van der Waals surface area contributed by atoms with Crippen LogP contribution in [0.25, 0.3) is 0 Å². The van der Waals surface area contributed by atoms with E-state index in [1.807, 2.05) is 0 Å². The third kappa shape index (κ3) is 7.56. The van der Waals surface area contributed by atoms with Crippen molar-refractivity contribution in [2.24, 2.45) is 5.18 Å². The number of benzene rings is 2. The normalized spacial score (nSPS) is 13.1. The van der Waals surface area contributed by atoms with E-state index in [9.17, 15) is 44.5 Å². The van der Waals surface area contributed by atoms with E-state index < -0.39 is 79.4 Å². The Balaban J connectivity index is 2.49. The molecule has 0 aliphatic carbocycles. The fourth-order valence-electron chi connectivity index (χ4n) is 3.54. The number of nitrogens with zero attached hydrogens (tertiary/aromatic N) is 3. The molecule has 0 spiro atoms. The number of aryl methyl sites for hydroxylation is 1. The van der Waals surface area contributed by atoms with Gasteiger partial charge in [0.05, 0.1) is 22.9 Å². The van der Waals surface area contributed by atoms with Crippen molar-refractivity contribution in [1.29, 1.82) is 0 Å². The molecule has 0 radical (unpaired) electrons.